The first-order valence-corrected chi connectivity index (χ1v) is 9.90. The van der Waals surface area contributed by atoms with Crippen LogP contribution in [0.2, 0.25) is 0 Å². The first-order chi connectivity index (χ1) is 13.8. The molecule has 2 aromatic rings. The molecule has 0 bridgehead atoms. The predicted octanol–water partition coefficient (Wildman–Crippen LogP) is 3.32. The summed E-state index contributed by atoms with van der Waals surface area (Å²) in [6, 6.07) is 6.15. The maximum Gasteiger partial charge on any atom is 0.255 e. The van der Waals surface area contributed by atoms with Crippen LogP contribution in [0.25, 0.3) is 0 Å². The molecule has 3 aliphatic rings. The topological polar surface area (TPSA) is 67.6 Å². The van der Waals surface area contributed by atoms with Crippen LogP contribution in [-0.2, 0) is 10.3 Å². The Morgan fingerprint density at radius 1 is 1.31 bits per heavy atom. The molecule has 2 saturated carbocycles. The second-order valence-electron chi connectivity index (χ2n) is 8.37. The summed E-state index contributed by atoms with van der Waals surface area (Å²) in [6.07, 6.45) is 2.56. The monoisotopic (exact) mass is 399 g/mol. The maximum absolute atomic E-state index is 14.7. The zero-order valence-corrected chi connectivity index (χ0v) is 16.4. The highest BCUT2D eigenvalue weighted by Gasteiger charge is 2.64. The Bertz CT molecular complexity index is 1020. The number of anilines is 1. The second-order valence-corrected chi connectivity index (χ2v) is 8.37. The molecule has 0 saturated heterocycles. The highest BCUT2D eigenvalue weighted by molar-refractivity contribution is 5.77. The maximum atomic E-state index is 14.7. The van der Waals surface area contributed by atoms with Crippen molar-refractivity contribution in [3.8, 4) is 5.75 Å². The third-order valence-corrected chi connectivity index (χ3v) is 6.39. The molecular weight excluding hydrogens is 376 g/mol. The van der Waals surface area contributed by atoms with Crippen molar-refractivity contribution in [1.82, 2.24) is 5.43 Å². The number of ether oxygens (including phenoxy) is 1. The largest absolute Gasteiger partial charge is 0.482 e. The number of nitrogens with two attached hydrogens (primary N) is 1. The van der Waals surface area contributed by atoms with Crippen molar-refractivity contribution in [3.05, 3.63) is 58.2 Å². The quantitative estimate of drug-likeness (QED) is 0.810. The van der Waals surface area contributed by atoms with E-state index in [4.69, 9.17) is 10.5 Å². The molecule has 0 radical (unpaired) electrons. The lowest BCUT2D eigenvalue weighted by molar-refractivity contribution is -0.119. The fraction of sp³-hybridized carbons (Fsp3) is 0.409. The Morgan fingerprint density at radius 3 is 2.62 bits per heavy atom. The van der Waals surface area contributed by atoms with E-state index in [2.05, 4.69) is 5.43 Å². The number of nitrogens with zero attached hydrogens (tertiary/aromatic N) is 1. The third kappa shape index (κ3) is 2.71. The van der Waals surface area contributed by atoms with Crippen molar-refractivity contribution in [2.45, 2.75) is 50.6 Å². The number of rotatable bonds is 5. The Morgan fingerprint density at radius 2 is 2.00 bits per heavy atom. The Kier molecular flexibility index (Phi) is 3.90. The summed E-state index contributed by atoms with van der Waals surface area (Å²) < 4.78 is 35.2. The van der Waals surface area contributed by atoms with E-state index in [1.54, 1.807) is 0 Å². The molecule has 5 nitrogen and oxygen atoms in total. The number of nitrogens with one attached hydrogen (secondary N) is 1. The van der Waals surface area contributed by atoms with Gasteiger partial charge < -0.3 is 15.5 Å². The number of fused-ring (bicyclic) bond motifs is 3. The van der Waals surface area contributed by atoms with Gasteiger partial charge >= 0.3 is 0 Å². The summed E-state index contributed by atoms with van der Waals surface area (Å²) in [5.74, 6) is -1.11. The van der Waals surface area contributed by atoms with Crippen molar-refractivity contribution in [3.63, 3.8) is 0 Å². The van der Waals surface area contributed by atoms with Crippen LogP contribution in [0.1, 0.15) is 47.4 Å². The minimum Gasteiger partial charge on any atom is -0.482 e. The molecule has 1 aliphatic heterocycles. The molecular formula is C22H23F2N3O2. The molecule has 2 aliphatic carbocycles. The molecule has 29 heavy (non-hydrogen) atoms. The van der Waals surface area contributed by atoms with Gasteiger partial charge in [-0.2, -0.15) is 0 Å². The Balaban J connectivity index is 1.68. The summed E-state index contributed by atoms with van der Waals surface area (Å²) in [5, 5.41) is 2.01. The Hall–Kier alpha value is -2.67. The van der Waals surface area contributed by atoms with Crippen molar-refractivity contribution in [2.24, 2.45) is 5.73 Å². The first kappa shape index (κ1) is 18.4. The van der Waals surface area contributed by atoms with Crippen LogP contribution in [0, 0.1) is 25.5 Å². The number of halogens is 2. The number of carbonyl (C=O) groups excluding carboxylic acids is 1. The number of aryl methyl sites for hydroxylation is 1. The van der Waals surface area contributed by atoms with Gasteiger partial charge in [0.15, 0.2) is 6.61 Å². The van der Waals surface area contributed by atoms with Gasteiger partial charge in [-0.25, -0.2) is 14.2 Å². The smallest absolute Gasteiger partial charge is 0.255 e. The lowest BCUT2D eigenvalue weighted by Crippen LogP contribution is -2.51. The normalized spacial score (nSPS) is 24.7. The predicted molar refractivity (Wildman–Crippen MR) is 105 cm³/mol. The molecule has 3 N–H and O–H groups in total. The minimum atomic E-state index is -0.801. The van der Waals surface area contributed by atoms with Gasteiger partial charge in [0.25, 0.3) is 5.91 Å². The molecule has 1 amide bonds. The number of amides is 1. The first-order valence-electron chi connectivity index (χ1n) is 9.90. The van der Waals surface area contributed by atoms with E-state index in [9.17, 15) is 13.6 Å². The molecule has 0 aromatic heterocycles. The SMILES string of the molecule is Cc1cc(OCC(N)=O)c2c(c1C)[C@H]1C[C@@]1(c1c(F)cccc1F)NN2C1CC1. The van der Waals surface area contributed by atoms with Gasteiger partial charge in [0.2, 0.25) is 0 Å². The average molecular weight is 399 g/mol. The number of primary amides is 1. The lowest BCUT2D eigenvalue weighted by atomic mass is 9.90. The van der Waals surface area contributed by atoms with E-state index in [1.807, 2.05) is 24.9 Å². The van der Waals surface area contributed by atoms with Gasteiger partial charge in [-0.1, -0.05) is 6.07 Å². The van der Waals surface area contributed by atoms with Gasteiger partial charge in [0, 0.05) is 17.5 Å². The zero-order valence-electron chi connectivity index (χ0n) is 16.4. The fourth-order valence-corrected chi connectivity index (χ4v) is 4.70. The molecule has 1 heterocycles. The van der Waals surface area contributed by atoms with Crippen LogP contribution in [-0.4, -0.2) is 18.6 Å². The van der Waals surface area contributed by atoms with E-state index in [1.165, 1.54) is 18.2 Å². The summed E-state index contributed by atoms with van der Waals surface area (Å²) in [4.78, 5) is 11.3. The molecule has 2 fully saturated rings. The number of hydrogen-bond donors (Lipinski definition) is 2. The highest BCUT2D eigenvalue weighted by Crippen LogP contribution is 2.66. The van der Waals surface area contributed by atoms with E-state index < -0.39 is 23.1 Å². The molecule has 0 unspecified atom stereocenters. The molecule has 5 rings (SSSR count). The van der Waals surface area contributed by atoms with Gasteiger partial charge in [0.05, 0.1) is 11.2 Å². The standard InChI is InChI=1S/C22H23F2N3O2/c1-11-8-17(29-10-18(25)28)21-19(12(11)2)14-9-22(14,26-27(21)13-6-7-13)20-15(23)4-3-5-16(20)24/h3-5,8,13-14,26H,6-7,9-10H2,1-2H3,(H2,25,28)/t14-,22-/m1/s1. The van der Waals surface area contributed by atoms with Crippen LogP contribution in [0.4, 0.5) is 14.5 Å². The lowest BCUT2D eigenvalue weighted by Gasteiger charge is -2.39. The van der Waals surface area contributed by atoms with Crippen LogP contribution < -0.4 is 20.9 Å². The minimum absolute atomic E-state index is 0.0743. The number of benzene rings is 2. The highest BCUT2D eigenvalue weighted by atomic mass is 19.1. The molecule has 152 valence electrons. The Labute approximate surface area is 167 Å². The van der Waals surface area contributed by atoms with Gasteiger partial charge in [-0.15, -0.1) is 0 Å². The van der Waals surface area contributed by atoms with E-state index >= 15 is 0 Å². The van der Waals surface area contributed by atoms with Crippen LogP contribution in [0.3, 0.4) is 0 Å². The zero-order chi connectivity index (χ0) is 20.5. The van der Waals surface area contributed by atoms with Gasteiger partial charge in [0.1, 0.15) is 17.4 Å². The van der Waals surface area contributed by atoms with Gasteiger partial charge in [-0.3, -0.25) is 4.79 Å². The van der Waals surface area contributed by atoms with Crippen molar-refractivity contribution < 1.29 is 18.3 Å². The van der Waals surface area contributed by atoms with Crippen LogP contribution in [0.15, 0.2) is 24.3 Å². The van der Waals surface area contributed by atoms with Crippen molar-refractivity contribution in [2.75, 3.05) is 11.6 Å². The van der Waals surface area contributed by atoms with Crippen LogP contribution in [0.5, 0.6) is 5.75 Å². The summed E-state index contributed by atoms with van der Waals surface area (Å²) in [6.45, 7) is 3.79. The van der Waals surface area contributed by atoms with E-state index in [-0.39, 0.29) is 24.1 Å². The van der Waals surface area contributed by atoms with Gasteiger partial charge in [-0.05, 0) is 68.0 Å². The third-order valence-electron chi connectivity index (χ3n) is 6.39. The summed E-state index contributed by atoms with van der Waals surface area (Å²) in [5.41, 5.74) is 12.0. The number of carbonyl (C=O) groups is 1. The number of hydrazine groups is 1. The van der Waals surface area contributed by atoms with E-state index in [0.29, 0.717) is 12.2 Å². The average Bonchev–Trinajstić information content (AvgIpc) is 3.56. The van der Waals surface area contributed by atoms with E-state index in [0.717, 1.165) is 35.2 Å². The number of hydrogen-bond acceptors (Lipinski definition) is 4. The molecule has 2 aromatic carbocycles. The molecule has 2 atom stereocenters. The second kappa shape index (κ2) is 6.16. The van der Waals surface area contributed by atoms with Crippen LogP contribution >= 0.6 is 0 Å². The summed E-state index contributed by atoms with van der Waals surface area (Å²) in [7, 11) is 0. The fourth-order valence-electron chi connectivity index (χ4n) is 4.70. The molecule has 7 heteroatoms. The molecule has 0 spiro atoms. The van der Waals surface area contributed by atoms with Crippen molar-refractivity contribution in [1.29, 1.82) is 0 Å². The van der Waals surface area contributed by atoms with Crippen molar-refractivity contribution >= 4 is 11.6 Å². The summed E-state index contributed by atoms with van der Waals surface area (Å²) >= 11 is 0.